The molecule has 96 valence electrons. The Kier molecular flexibility index (Phi) is 4.87. The zero-order chi connectivity index (χ0) is 13.0. The van der Waals surface area contributed by atoms with Crippen LogP contribution < -0.4 is 0 Å². The Balaban J connectivity index is 2.70. The van der Waals surface area contributed by atoms with Gasteiger partial charge in [-0.15, -0.1) is 0 Å². The molecular weight excluding hydrogens is 216 g/mol. The average molecular weight is 238 g/mol. The summed E-state index contributed by atoms with van der Waals surface area (Å²) in [5.41, 5.74) is 1.15. The summed E-state index contributed by atoms with van der Waals surface area (Å²) in [5, 5.41) is 9.21. The highest BCUT2D eigenvalue weighted by Crippen LogP contribution is 2.12. The molecule has 2 unspecified atom stereocenters. The standard InChI is InChI=1S/C13H22N2O2/c1-5-12-7-14-11(4)15(12)8-9(2)13(17)6-10(3)16/h7,9-10,16H,5-6,8H2,1-4H3. The lowest BCUT2D eigenvalue weighted by atomic mass is 10.0. The van der Waals surface area contributed by atoms with Crippen molar-refractivity contribution in [2.24, 2.45) is 5.92 Å². The molecule has 0 aliphatic carbocycles. The highest BCUT2D eigenvalue weighted by atomic mass is 16.3. The van der Waals surface area contributed by atoms with E-state index in [0.717, 1.165) is 17.9 Å². The summed E-state index contributed by atoms with van der Waals surface area (Å²) in [6.07, 6.45) is 2.45. The molecule has 1 heterocycles. The minimum absolute atomic E-state index is 0.0807. The first-order chi connectivity index (χ1) is 7.95. The van der Waals surface area contributed by atoms with Crippen LogP contribution in [0.2, 0.25) is 0 Å². The molecule has 0 aliphatic rings. The zero-order valence-corrected chi connectivity index (χ0v) is 11.1. The van der Waals surface area contributed by atoms with Crippen LogP contribution in [0.5, 0.6) is 0 Å². The van der Waals surface area contributed by atoms with E-state index in [1.54, 1.807) is 6.92 Å². The Bertz CT molecular complexity index is 383. The van der Waals surface area contributed by atoms with Crippen LogP contribution in [-0.2, 0) is 17.8 Å². The van der Waals surface area contributed by atoms with E-state index in [0.29, 0.717) is 6.54 Å². The van der Waals surface area contributed by atoms with Gasteiger partial charge in [-0.25, -0.2) is 4.98 Å². The number of imidazole rings is 1. The Morgan fingerprint density at radius 3 is 2.71 bits per heavy atom. The van der Waals surface area contributed by atoms with Gasteiger partial charge in [0.25, 0.3) is 0 Å². The van der Waals surface area contributed by atoms with Crippen LogP contribution in [0.1, 0.15) is 38.7 Å². The van der Waals surface area contributed by atoms with Crippen LogP contribution >= 0.6 is 0 Å². The molecule has 1 aromatic heterocycles. The van der Waals surface area contributed by atoms with Gasteiger partial charge in [0.2, 0.25) is 0 Å². The topological polar surface area (TPSA) is 55.1 Å². The van der Waals surface area contributed by atoms with Gasteiger partial charge in [0.1, 0.15) is 11.6 Å². The molecule has 1 rings (SSSR count). The predicted molar refractivity (Wildman–Crippen MR) is 66.8 cm³/mol. The van der Waals surface area contributed by atoms with Crippen molar-refractivity contribution in [3.63, 3.8) is 0 Å². The number of carbonyl (C=O) groups is 1. The third-order valence-corrected chi connectivity index (χ3v) is 3.00. The Morgan fingerprint density at radius 2 is 2.18 bits per heavy atom. The first-order valence-corrected chi connectivity index (χ1v) is 6.17. The summed E-state index contributed by atoms with van der Waals surface area (Å²) in [5.74, 6) is 0.969. The van der Waals surface area contributed by atoms with E-state index in [2.05, 4.69) is 16.5 Å². The second kappa shape index (κ2) is 5.96. The molecule has 0 saturated heterocycles. The number of Topliss-reactive ketones (excluding diaryl/α,β-unsaturated/α-hetero) is 1. The molecule has 1 aromatic rings. The number of aryl methyl sites for hydroxylation is 2. The van der Waals surface area contributed by atoms with Crippen LogP contribution in [0.4, 0.5) is 0 Å². The van der Waals surface area contributed by atoms with Crippen molar-refractivity contribution in [3.05, 3.63) is 17.7 Å². The molecule has 0 bridgehead atoms. The molecule has 4 nitrogen and oxygen atoms in total. The fourth-order valence-electron chi connectivity index (χ4n) is 1.91. The van der Waals surface area contributed by atoms with Crippen molar-refractivity contribution < 1.29 is 9.90 Å². The number of aromatic nitrogens is 2. The van der Waals surface area contributed by atoms with Crippen molar-refractivity contribution in [1.29, 1.82) is 0 Å². The highest BCUT2D eigenvalue weighted by Gasteiger charge is 2.17. The molecule has 0 fully saturated rings. The smallest absolute Gasteiger partial charge is 0.140 e. The summed E-state index contributed by atoms with van der Waals surface area (Å²) < 4.78 is 2.09. The van der Waals surface area contributed by atoms with Crippen molar-refractivity contribution >= 4 is 5.78 Å². The van der Waals surface area contributed by atoms with Gasteiger partial charge in [-0.3, -0.25) is 4.79 Å². The first-order valence-electron chi connectivity index (χ1n) is 6.17. The largest absolute Gasteiger partial charge is 0.393 e. The highest BCUT2D eigenvalue weighted by molar-refractivity contribution is 5.81. The first kappa shape index (κ1) is 13.9. The molecule has 0 aromatic carbocycles. The molecule has 17 heavy (non-hydrogen) atoms. The number of nitrogens with zero attached hydrogens (tertiary/aromatic N) is 2. The lowest BCUT2D eigenvalue weighted by Gasteiger charge is -2.15. The number of aliphatic hydroxyl groups excluding tert-OH is 1. The third-order valence-electron chi connectivity index (χ3n) is 3.00. The van der Waals surface area contributed by atoms with Crippen LogP contribution in [0, 0.1) is 12.8 Å². The number of aliphatic hydroxyl groups is 1. The maximum absolute atomic E-state index is 11.8. The number of hydrogen-bond acceptors (Lipinski definition) is 3. The molecule has 0 aliphatic heterocycles. The van der Waals surface area contributed by atoms with E-state index in [1.165, 1.54) is 0 Å². The zero-order valence-electron chi connectivity index (χ0n) is 11.1. The molecule has 0 amide bonds. The summed E-state index contributed by atoms with van der Waals surface area (Å²) in [6, 6.07) is 0. The number of hydrogen-bond donors (Lipinski definition) is 1. The van der Waals surface area contributed by atoms with Gasteiger partial charge in [0.05, 0.1) is 6.10 Å². The lowest BCUT2D eigenvalue weighted by molar-refractivity contribution is -0.124. The fraction of sp³-hybridized carbons (Fsp3) is 0.692. The fourth-order valence-corrected chi connectivity index (χ4v) is 1.91. The molecular formula is C13H22N2O2. The summed E-state index contributed by atoms with van der Waals surface area (Å²) in [7, 11) is 0. The molecule has 0 saturated carbocycles. The summed E-state index contributed by atoms with van der Waals surface area (Å²) in [4.78, 5) is 16.1. The van der Waals surface area contributed by atoms with Crippen molar-refractivity contribution in [3.8, 4) is 0 Å². The van der Waals surface area contributed by atoms with Crippen LogP contribution in [0.3, 0.4) is 0 Å². The molecule has 2 atom stereocenters. The maximum Gasteiger partial charge on any atom is 0.140 e. The third kappa shape index (κ3) is 3.66. The summed E-state index contributed by atoms with van der Waals surface area (Å²) >= 11 is 0. The normalized spacial score (nSPS) is 14.6. The molecule has 0 spiro atoms. The van der Waals surface area contributed by atoms with Crippen LogP contribution in [0.25, 0.3) is 0 Å². The SMILES string of the molecule is CCc1cnc(C)n1CC(C)C(=O)CC(C)O. The maximum atomic E-state index is 11.8. The van der Waals surface area contributed by atoms with E-state index in [1.807, 2.05) is 20.0 Å². The van der Waals surface area contributed by atoms with Crippen molar-refractivity contribution in [1.82, 2.24) is 9.55 Å². The van der Waals surface area contributed by atoms with E-state index in [9.17, 15) is 9.90 Å². The molecule has 4 heteroatoms. The van der Waals surface area contributed by atoms with Crippen LogP contribution in [0.15, 0.2) is 6.20 Å². The summed E-state index contributed by atoms with van der Waals surface area (Å²) in [6.45, 7) is 8.23. The molecule has 1 N–H and O–H groups in total. The van der Waals surface area contributed by atoms with Gasteiger partial charge >= 0.3 is 0 Å². The number of carbonyl (C=O) groups excluding carboxylic acids is 1. The minimum atomic E-state index is -0.556. The Labute approximate surface area is 103 Å². The van der Waals surface area contributed by atoms with E-state index >= 15 is 0 Å². The van der Waals surface area contributed by atoms with Gasteiger partial charge in [-0.2, -0.15) is 0 Å². The predicted octanol–water partition coefficient (Wildman–Crippen LogP) is 1.73. The monoisotopic (exact) mass is 238 g/mol. The van der Waals surface area contributed by atoms with Crippen molar-refractivity contribution in [2.75, 3.05) is 0 Å². The van der Waals surface area contributed by atoms with Gasteiger partial charge < -0.3 is 9.67 Å². The number of ketones is 1. The molecule has 0 radical (unpaired) electrons. The second-order valence-corrected chi connectivity index (χ2v) is 4.68. The van der Waals surface area contributed by atoms with Gasteiger partial charge in [0, 0.05) is 30.8 Å². The van der Waals surface area contributed by atoms with Crippen LogP contribution in [-0.4, -0.2) is 26.5 Å². The van der Waals surface area contributed by atoms with Gasteiger partial charge in [-0.1, -0.05) is 13.8 Å². The van der Waals surface area contributed by atoms with E-state index < -0.39 is 6.10 Å². The quantitative estimate of drug-likeness (QED) is 0.821. The van der Waals surface area contributed by atoms with Gasteiger partial charge in [0.15, 0.2) is 0 Å². The van der Waals surface area contributed by atoms with E-state index in [-0.39, 0.29) is 18.1 Å². The Hall–Kier alpha value is -1.16. The number of rotatable bonds is 6. The minimum Gasteiger partial charge on any atom is -0.393 e. The Morgan fingerprint density at radius 1 is 1.53 bits per heavy atom. The van der Waals surface area contributed by atoms with Crippen molar-refractivity contribution in [2.45, 2.75) is 53.2 Å². The average Bonchev–Trinajstić information content (AvgIpc) is 2.59. The lowest BCUT2D eigenvalue weighted by Crippen LogP contribution is -2.22. The second-order valence-electron chi connectivity index (χ2n) is 4.68. The van der Waals surface area contributed by atoms with E-state index in [4.69, 9.17) is 0 Å². The van der Waals surface area contributed by atoms with Gasteiger partial charge in [-0.05, 0) is 20.3 Å².